The Morgan fingerprint density at radius 2 is 2.00 bits per heavy atom. The average molecular weight is 372 g/mol. The molecule has 0 atom stereocenters. The van der Waals surface area contributed by atoms with Gasteiger partial charge in [0.05, 0.1) is 21.6 Å². The number of rotatable bonds is 5. The number of amides is 1. The minimum absolute atomic E-state index is 0.226. The summed E-state index contributed by atoms with van der Waals surface area (Å²) in [5, 5.41) is 11.8. The molecule has 0 aliphatic heterocycles. The Balaban J connectivity index is 2.15. The van der Waals surface area contributed by atoms with E-state index in [1.165, 1.54) is 0 Å². The summed E-state index contributed by atoms with van der Waals surface area (Å²) in [5.74, 6) is 0.575. The van der Waals surface area contributed by atoms with Gasteiger partial charge in [-0.2, -0.15) is 0 Å². The zero-order chi connectivity index (χ0) is 18.7. The number of hydrogen-bond donors (Lipinski definition) is 2. The van der Waals surface area contributed by atoms with Crippen LogP contribution >= 0.6 is 11.6 Å². The molecule has 0 unspecified atom stereocenters. The van der Waals surface area contributed by atoms with Crippen molar-refractivity contribution in [1.82, 2.24) is 14.9 Å². The molecule has 3 rings (SSSR count). The smallest absolute Gasteiger partial charge is 0.404 e. The molecule has 0 spiro atoms. The van der Waals surface area contributed by atoms with Crippen molar-refractivity contribution in [1.29, 1.82) is 0 Å². The van der Waals surface area contributed by atoms with Gasteiger partial charge in [0.15, 0.2) is 0 Å². The largest absolute Gasteiger partial charge is 0.465 e. The molecule has 2 aromatic carbocycles. The quantitative estimate of drug-likeness (QED) is 0.672. The first-order valence-corrected chi connectivity index (χ1v) is 8.60. The van der Waals surface area contributed by atoms with E-state index in [1.807, 2.05) is 31.2 Å². The minimum Gasteiger partial charge on any atom is -0.465 e. The molecule has 3 aromatic rings. The van der Waals surface area contributed by atoms with Gasteiger partial charge in [0, 0.05) is 13.0 Å². The molecule has 134 valence electrons. The van der Waals surface area contributed by atoms with E-state index in [0.29, 0.717) is 34.6 Å². The van der Waals surface area contributed by atoms with Crippen molar-refractivity contribution in [3.63, 3.8) is 0 Å². The highest BCUT2D eigenvalue weighted by atomic mass is 35.5. The number of aromatic nitrogens is 2. The van der Waals surface area contributed by atoms with Gasteiger partial charge < -0.3 is 10.4 Å². The number of hydrogen-bond acceptors (Lipinski definition) is 3. The van der Waals surface area contributed by atoms with E-state index in [2.05, 4.69) is 10.3 Å². The van der Waals surface area contributed by atoms with Crippen LogP contribution in [0.5, 0.6) is 0 Å². The third kappa shape index (κ3) is 3.55. The Morgan fingerprint density at radius 3 is 2.73 bits per heavy atom. The number of carbonyl (C=O) groups is 1. The van der Waals surface area contributed by atoms with Crippen LogP contribution in [0.25, 0.3) is 16.6 Å². The second kappa shape index (κ2) is 7.58. The summed E-state index contributed by atoms with van der Waals surface area (Å²) in [7, 11) is 0. The highest BCUT2D eigenvalue weighted by Gasteiger charge is 2.15. The molecule has 1 amide bonds. The number of fused-ring (bicyclic) bond motifs is 1. The lowest BCUT2D eigenvalue weighted by Crippen LogP contribution is -2.26. The predicted octanol–water partition coefficient (Wildman–Crippen LogP) is 3.55. The maximum atomic E-state index is 13.2. The number of para-hydroxylation sites is 1. The van der Waals surface area contributed by atoms with Crippen molar-refractivity contribution < 1.29 is 9.90 Å². The third-order valence-corrected chi connectivity index (χ3v) is 4.44. The molecular formula is C19H18ClN3O3. The van der Waals surface area contributed by atoms with Gasteiger partial charge in [-0.05, 0) is 37.1 Å². The molecule has 26 heavy (non-hydrogen) atoms. The molecular weight excluding hydrogens is 354 g/mol. The highest BCUT2D eigenvalue weighted by Crippen LogP contribution is 2.22. The number of nitrogens with one attached hydrogen (secondary N) is 1. The Hall–Kier alpha value is -2.86. The number of halogens is 1. The number of benzene rings is 2. The lowest BCUT2D eigenvalue weighted by Gasteiger charge is -2.16. The fraction of sp³-hybridized carbons (Fsp3) is 0.211. The molecule has 1 aromatic heterocycles. The first kappa shape index (κ1) is 17.9. The maximum Gasteiger partial charge on any atom is 0.404 e. The van der Waals surface area contributed by atoms with E-state index in [4.69, 9.17) is 16.7 Å². The minimum atomic E-state index is -1.07. The van der Waals surface area contributed by atoms with Crippen molar-refractivity contribution in [3.8, 4) is 5.69 Å². The molecule has 7 heteroatoms. The van der Waals surface area contributed by atoms with Crippen LogP contribution in [0.2, 0.25) is 5.02 Å². The van der Waals surface area contributed by atoms with Crippen molar-refractivity contribution in [2.45, 2.75) is 19.8 Å². The van der Waals surface area contributed by atoms with Gasteiger partial charge in [0.25, 0.3) is 5.56 Å². The Labute approximate surface area is 155 Å². The zero-order valence-corrected chi connectivity index (χ0v) is 15.0. The first-order valence-electron chi connectivity index (χ1n) is 8.22. The summed E-state index contributed by atoms with van der Waals surface area (Å²) in [6.45, 7) is 2.21. The molecule has 0 aliphatic rings. The van der Waals surface area contributed by atoms with Crippen LogP contribution in [0.4, 0.5) is 4.79 Å². The van der Waals surface area contributed by atoms with Crippen molar-refractivity contribution in [3.05, 3.63) is 69.2 Å². The molecule has 0 aliphatic carbocycles. The van der Waals surface area contributed by atoms with Gasteiger partial charge in [0.1, 0.15) is 5.82 Å². The van der Waals surface area contributed by atoms with Crippen LogP contribution < -0.4 is 10.9 Å². The van der Waals surface area contributed by atoms with Crippen LogP contribution in [0.3, 0.4) is 0 Å². The van der Waals surface area contributed by atoms with Crippen LogP contribution in [0.1, 0.15) is 17.8 Å². The van der Waals surface area contributed by atoms with Crippen molar-refractivity contribution in [2.75, 3.05) is 6.54 Å². The van der Waals surface area contributed by atoms with Crippen LogP contribution in [-0.4, -0.2) is 27.3 Å². The molecule has 0 saturated carbocycles. The van der Waals surface area contributed by atoms with E-state index < -0.39 is 6.09 Å². The second-order valence-electron chi connectivity index (χ2n) is 5.92. The summed E-state index contributed by atoms with van der Waals surface area (Å²) in [5.41, 5.74) is 1.99. The predicted molar refractivity (Wildman–Crippen MR) is 101 cm³/mol. The van der Waals surface area contributed by atoms with E-state index in [-0.39, 0.29) is 12.1 Å². The molecule has 0 bridgehead atoms. The Bertz CT molecular complexity index is 1030. The molecule has 0 radical (unpaired) electrons. The summed E-state index contributed by atoms with van der Waals surface area (Å²) < 4.78 is 1.57. The van der Waals surface area contributed by atoms with E-state index in [0.717, 1.165) is 11.3 Å². The average Bonchev–Trinajstić information content (AvgIpc) is 2.59. The fourth-order valence-corrected chi connectivity index (χ4v) is 3.16. The number of aryl methyl sites for hydroxylation is 2. The SMILES string of the molecule is Cc1ccccc1-n1c(CCCNC(=O)O)nc2cccc(Cl)c2c1=O. The van der Waals surface area contributed by atoms with Gasteiger partial charge in [-0.1, -0.05) is 35.9 Å². The maximum absolute atomic E-state index is 13.2. The van der Waals surface area contributed by atoms with E-state index in [1.54, 1.807) is 22.8 Å². The second-order valence-corrected chi connectivity index (χ2v) is 6.33. The summed E-state index contributed by atoms with van der Waals surface area (Å²) in [6.07, 6.45) is -0.0947. The Kier molecular flexibility index (Phi) is 5.23. The standard InChI is InChI=1S/C19H18ClN3O3/c1-12-6-2-3-9-15(12)23-16(10-5-11-21-19(25)26)22-14-8-4-7-13(20)17(14)18(23)24/h2-4,6-9,21H,5,10-11H2,1H3,(H,25,26). The van der Waals surface area contributed by atoms with E-state index in [9.17, 15) is 9.59 Å². The highest BCUT2D eigenvalue weighted by molar-refractivity contribution is 6.35. The molecule has 6 nitrogen and oxygen atoms in total. The third-order valence-electron chi connectivity index (χ3n) is 4.13. The first-order chi connectivity index (χ1) is 12.5. The van der Waals surface area contributed by atoms with Gasteiger partial charge in [-0.3, -0.25) is 9.36 Å². The molecule has 2 N–H and O–H groups in total. The van der Waals surface area contributed by atoms with Crippen LogP contribution in [0, 0.1) is 6.92 Å². The summed E-state index contributed by atoms with van der Waals surface area (Å²) in [4.78, 5) is 28.4. The van der Waals surface area contributed by atoms with Gasteiger partial charge in [-0.25, -0.2) is 9.78 Å². The summed E-state index contributed by atoms with van der Waals surface area (Å²) in [6, 6.07) is 12.7. The van der Waals surface area contributed by atoms with Crippen LogP contribution in [0.15, 0.2) is 47.3 Å². The number of nitrogens with zero attached hydrogens (tertiary/aromatic N) is 2. The van der Waals surface area contributed by atoms with Crippen LogP contribution in [-0.2, 0) is 6.42 Å². The van der Waals surface area contributed by atoms with Crippen molar-refractivity contribution >= 4 is 28.6 Å². The van der Waals surface area contributed by atoms with E-state index >= 15 is 0 Å². The molecule has 0 saturated heterocycles. The van der Waals surface area contributed by atoms with Crippen molar-refractivity contribution in [2.24, 2.45) is 0 Å². The monoisotopic (exact) mass is 371 g/mol. The lowest BCUT2D eigenvalue weighted by molar-refractivity contribution is 0.194. The molecule has 0 fully saturated rings. The normalized spacial score (nSPS) is 10.8. The van der Waals surface area contributed by atoms with Gasteiger partial charge >= 0.3 is 6.09 Å². The topological polar surface area (TPSA) is 84.2 Å². The van der Waals surface area contributed by atoms with Gasteiger partial charge in [-0.15, -0.1) is 0 Å². The zero-order valence-electron chi connectivity index (χ0n) is 14.2. The molecule has 1 heterocycles. The lowest BCUT2D eigenvalue weighted by atomic mass is 10.1. The van der Waals surface area contributed by atoms with Gasteiger partial charge in [0.2, 0.25) is 0 Å². The summed E-state index contributed by atoms with van der Waals surface area (Å²) >= 11 is 6.25. The fourth-order valence-electron chi connectivity index (χ4n) is 2.91. The number of carboxylic acid groups (broad SMARTS) is 1. The Morgan fingerprint density at radius 1 is 1.23 bits per heavy atom.